The number of amides is 1. The van der Waals surface area contributed by atoms with Gasteiger partial charge in [0.05, 0.1) is 16.0 Å². The van der Waals surface area contributed by atoms with E-state index >= 15 is 0 Å². The van der Waals surface area contributed by atoms with Crippen LogP contribution in [0.4, 0.5) is 11.4 Å². The molecule has 26 heavy (non-hydrogen) atoms. The summed E-state index contributed by atoms with van der Waals surface area (Å²) in [6.45, 7) is 0. The number of aromatic nitrogens is 1. The van der Waals surface area contributed by atoms with Crippen molar-refractivity contribution < 1.29 is 4.79 Å². The van der Waals surface area contributed by atoms with Crippen LogP contribution in [0.1, 0.15) is 0 Å². The number of carbonyl (C=O) groups is 1. The molecule has 5 heteroatoms. The summed E-state index contributed by atoms with van der Waals surface area (Å²) in [6, 6.07) is 27.5. The summed E-state index contributed by atoms with van der Waals surface area (Å²) in [5, 5.41) is 0. The number of anilines is 2. The van der Waals surface area contributed by atoms with Crippen LogP contribution in [0, 0.1) is 0 Å². The molecule has 0 fully saturated rings. The van der Waals surface area contributed by atoms with Crippen molar-refractivity contribution in [3.63, 3.8) is 0 Å². The largest absolute Gasteiger partial charge is 0.280 e. The summed E-state index contributed by atoms with van der Waals surface area (Å²) in [4.78, 5) is 19.4. The quantitative estimate of drug-likeness (QED) is 0.416. The molecule has 0 radical (unpaired) electrons. The first-order valence-corrected chi connectivity index (χ1v) is 10.0. The molecule has 128 valence electrons. The van der Waals surface area contributed by atoms with E-state index in [1.165, 1.54) is 11.8 Å². The minimum Gasteiger partial charge on any atom is -0.280 e. The fourth-order valence-corrected chi connectivity index (χ4v) is 4.61. The Morgan fingerprint density at radius 2 is 1.42 bits per heavy atom. The van der Waals surface area contributed by atoms with Gasteiger partial charge in [-0.3, -0.25) is 9.69 Å². The van der Waals surface area contributed by atoms with E-state index in [9.17, 15) is 4.79 Å². The Morgan fingerprint density at radius 1 is 0.846 bits per heavy atom. The zero-order chi connectivity index (χ0) is 17.8. The highest BCUT2D eigenvalue weighted by molar-refractivity contribution is 8.01. The molecule has 0 atom stereocenters. The standard InChI is InChI=1S/C21H16N2OS2/c24-20(15-25-21-22-18-13-7-8-14-19(18)26-21)23(16-9-3-1-4-10-16)17-11-5-2-6-12-17/h1-14H,15H2. The molecule has 3 aromatic carbocycles. The molecule has 1 amide bonds. The number of fused-ring (bicyclic) bond motifs is 1. The number of benzene rings is 3. The zero-order valence-electron chi connectivity index (χ0n) is 13.9. The van der Waals surface area contributed by atoms with E-state index in [2.05, 4.69) is 11.1 Å². The molecule has 0 unspecified atom stereocenters. The molecular formula is C21H16N2OS2. The van der Waals surface area contributed by atoms with E-state index in [0.717, 1.165) is 25.9 Å². The van der Waals surface area contributed by atoms with Crippen LogP contribution in [0.2, 0.25) is 0 Å². The lowest BCUT2D eigenvalue weighted by atomic mass is 10.2. The first kappa shape index (κ1) is 16.8. The Balaban J connectivity index is 1.56. The molecule has 0 saturated carbocycles. The van der Waals surface area contributed by atoms with Crippen molar-refractivity contribution in [3.05, 3.63) is 84.9 Å². The normalized spacial score (nSPS) is 10.8. The van der Waals surface area contributed by atoms with Gasteiger partial charge in [0.25, 0.3) is 0 Å². The Labute approximate surface area is 160 Å². The number of hydrogen-bond donors (Lipinski definition) is 0. The van der Waals surface area contributed by atoms with Crippen molar-refractivity contribution in [1.82, 2.24) is 4.98 Å². The van der Waals surface area contributed by atoms with Crippen LogP contribution in [0.5, 0.6) is 0 Å². The van der Waals surface area contributed by atoms with Crippen molar-refractivity contribution in [1.29, 1.82) is 0 Å². The highest BCUT2D eigenvalue weighted by Gasteiger charge is 2.18. The van der Waals surface area contributed by atoms with Crippen LogP contribution in [0.3, 0.4) is 0 Å². The number of thioether (sulfide) groups is 1. The van der Waals surface area contributed by atoms with Crippen LogP contribution in [-0.2, 0) is 4.79 Å². The Hall–Kier alpha value is -2.63. The number of thiazole rings is 1. The summed E-state index contributed by atoms with van der Waals surface area (Å²) in [7, 11) is 0. The molecule has 0 spiro atoms. The van der Waals surface area contributed by atoms with Gasteiger partial charge in [0.15, 0.2) is 4.34 Å². The number of nitrogens with zero attached hydrogens (tertiary/aromatic N) is 2. The van der Waals surface area contributed by atoms with Crippen molar-refractivity contribution in [2.75, 3.05) is 10.7 Å². The van der Waals surface area contributed by atoms with Crippen molar-refractivity contribution in [2.45, 2.75) is 4.34 Å². The van der Waals surface area contributed by atoms with Gasteiger partial charge in [0, 0.05) is 11.4 Å². The monoisotopic (exact) mass is 376 g/mol. The van der Waals surface area contributed by atoms with E-state index in [1.807, 2.05) is 78.9 Å². The number of rotatable bonds is 5. The predicted molar refractivity (Wildman–Crippen MR) is 110 cm³/mol. The Morgan fingerprint density at radius 3 is 2.04 bits per heavy atom. The van der Waals surface area contributed by atoms with E-state index in [4.69, 9.17) is 0 Å². The van der Waals surface area contributed by atoms with Gasteiger partial charge in [-0.1, -0.05) is 60.3 Å². The van der Waals surface area contributed by atoms with Crippen LogP contribution < -0.4 is 4.90 Å². The highest BCUT2D eigenvalue weighted by Crippen LogP contribution is 2.31. The maximum absolute atomic E-state index is 13.0. The minimum absolute atomic E-state index is 0.0339. The summed E-state index contributed by atoms with van der Waals surface area (Å²) in [5.41, 5.74) is 2.72. The van der Waals surface area contributed by atoms with Crippen LogP contribution in [-0.4, -0.2) is 16.6 Å². The number of hydrogen-bond acceptors (Lipinski definition) is 4. The smallest absolute Gasteiger partial charge is 0.241 e. The van der Waals surface area contributed by atoms with Gasteiger partial charge in [-0.05, 0) is 36.4 Å². The fourth-order valence-electron chi connectivity index (χ4n) is 2.69. The molecule has 1 heterocycles. The van der Waals surface area contributed by atoms with Gasteiger partial charge in [0.2, 0.25) is 5.91 Å². The fraction of sp³-hybridized carbons (Fsp3) is 0.0476. The van der Waals surface area contributed by atoms with Gasteiger partial charge < -0.3 is 0 Å². The van der Waals surface area contributed by atoms with Gasteiger partial charge in [-0.15, -0.1) is 11.3 Å². The SMILES string of the molecule is O=C(CSc1nc2ccccc2s1)N(c1ccccc1)c1ccccc1. The second kappa shape index (κ2) is 7.72. The van der Waals surface area contributed by atoms with E-state index in [1.54, 1.807) is 16.2 Å². The molecule has 4 rings (SSSR count). The number of carbonyl (C=O) groups excluding carboxylic acids is 1. The highest BCUT2D eigenvalue weighted by atomic mass is 32.2. The average Bonchev–Trinajstić information content (AvgIpc) is 3.11. The topological polar surface area (TPSA) is 33.2 Å². The molecule has 0 aliphatic heterocycles. The molecule has 3 nitrogen and oxygen atoms in total. The van der Waals surface area contributed by atoms with Gasteiger partial charge in [-0.2, -0.15) is 0 Å². The first-order valence-electron chi connectivity index (χ1n) is 8.23. The van der Waals surface area contributed by atoms with Crippen LogP contribution in [0.25, 0.3) is 10.2 Å². The molecule has 4 aromatic rings. The maximum Gasteiger partial charge on any atom is 0.241 e. The molecule has 0 bridgehead atoms. The molecular weight excluding hydrogens is 360 g/mol. The lowest BCUT2D eigenvalue weighted by molar-refractivity contribution is -0.115. The Kier molecular flexibility index (Phi) is 5.00. The maximum atomic E-state index is 13.0. The third kappa shape index (κ3) is 3.64. The van der Waals surface area contributed by atoms with E-state index < -0.39 is 0 Å². The van der Waals surface area contributed by atoms with Crippen molar-refractivity contribution >= 4 is 50.6 Å². The zero-order valence-corrected chi connectivity index (χ0v) is 15.5. The summed E-state index contributed by atoms with van der Waals surface area (Å²) >= 11 is 3.11. The van der Waals surface area contributed by atoms with E-state index in [-0.39, 0.29) is 5.91 Å². The minimum atomic E-state index is 0.0339. The molecule has 0 N–H and O–H groups in total. The molecule has 0 aliphatic carbocycles. The predicted octanol–water partition coefficient (Wildman–Crippen LogP) is 5.75. The summed E-state index contributed by atoms with van der Waals surface area (Å²) in [5.74, 6) is 0.371. The second-order valence-corrected chi connectivity index (χ2v) is 7.89. The van der Waals surface area contributed by atoms with Gasteiger partial charge in [-0.25, -0.2) is 4.98 Å². The Bertz CT molecular complexity index is 943. The first-order chi connectivity index (χ1) is 12.8. The average molecular weight is 377 g/mol. The third-order valence-corrected chi connectivity index (χ3v) is 6.04. The molecule has 1 aromatic heterocycles. The van der Waals surface area contributed by atoms with Crippen LogP contribution >= 0.6 is 23.1 Å². The van der Waals surface area contributed by atoms with Crippen molar-refractivity contribution in [2.24, 2.45) is 0 Å². The summed E-state index contributed by atoms with van der Waals surface area (Å²) in [6.07, 6.45) is 0. The lowest BCUT2D eigenvalue weighted by Gasteiger charge is -2.22. The van der Waals surface area contributed by atoms with E-state index in [0.29, 0.717) is 5.75 Å². The lowest BCUT2D eigenvalue weighted by Crippen LogP contribution is -2.27. The second-order valence-electron chi connectivity index (χ2n) is 5.64. The van der Waals surface area contributed by atoms with Crippen molar-refractivity contribution in [3.8, 4) is 0 Å². The van der Waals surface area contributed by atoms with Gasteiger partial charge >= 0.3 is 0 Å². The molecule has 0 saturated heterocycles. The molecule has 0 aliphatic rings. The van der Waals surface area contributed by atoms with Crippen LogP contribution in [0.15, 0.2) is 89.3 Å². The number of para-hydroxylation sites is 3. The third-order valence-electron chi connectivity index (χ3n) is 3.87. The van der Waals surface area contributed by atoms with Gasteiger partial charge in [0.1, 0.15) is 0 Å². The summed E-state index contributed by atoms with van der Waals surface area (Å²) < 4.78 is 2.06.